The highest BCUT2D eigenvalue weighted by Crippen LogP contribution is 2.34. The molecule has 1 aromatic heterocycles. The second-order valence-corrected chi connectivity index (χ2v) is 6.71. The zero-order valence-electron chi connectivity index (χ0n) is 11.6. The molecule has 1 aliphatic heterocycles. The van der Waals surface area contributed by atoms with Crippen molar-refractivity contribution < 1.29 is 9.53 Å². The predicted molar refractivity (Wildman–Crippen MR) is 86.5 cm³/mol. The van der Waals surface area contributed by atoms with Crippen molar-refractivity contribution in [2.24, 2.45) is 0 Å². The van der Waals surface area contributed by atoms with Crippen molar-refractivity contribution in [3.05, 3.63) is 39.5 Å². The summed E-state index contributed by atoms with van der Waals surface area (Å²) in [5, 5.41) is 6.24. The summed E-state index contributed by atoms with van der Waals surface area (Å²) in [6.45, 7) is 3.80. The van der Waals surface area contributed by atoms with Crippen LogP contribution in [-0.4, -0.2) is 12.0 Å². The van der Waals surface area contributed by atoms with Gasteiger partial charge in [-0.05, 0) is 44.2 Å². The third-order valence-electron chi connectivity index (χ3n) is 3.31. The molecule has 2 atom stereocenters. The number of amides is 1. The molecule has 1 aliphatic rings. The lowest BCUT2D eigenvalue weighted by molar-refractivity contribution is -0.122. The average molecular weight is 323 g/mol. The van der Waals surface area contributed by atoms with Gasteiger partial charge >= 0.3 is 0 Å². The summed E-state index contributed by atoms with van der Waals surface area (Å²) in [6, 6.07) is 9.72. The highest BCUT2D eigenvalue weighted by molar-refractivity contribution is 7.16. The molecule has 2 unspecified atom stereocenters. The van der Waals surface area contributed by atoms with E-state index >= 15 is 0 Å². The van der Waals surface area contributed by atoms with Crippen molar-refractivity contribution in [3.8, 4) is 5.75 Å². The number of fused-ring (bicyclic) bond motifs is 1. The van der Waals surface area contributed by atoms with Crippen LogP contribution in [-0.2, 0) is 4.79 Å². The van der Waals surface area contributed by atoms with Gasteiger partial charge in [0.2, 0.25) is 0 Å². The molecule has 3 rings (SSSR count). The number of carbonyl (C=O) groups is 1. The Morgan fingerprint density at radius 2 is 2.19 bits per heavy atom. The van der Waals surface area contributed by atoms with Crippen LogP contribution < -0.4 is 15.4 Å². The van der Waals surface area contributed by atoms with Crippen molar-refractivity contribution in [2.45, 2.75) is 26.0 Å². The number of hydrogen-bond acceptors (Lipinski definition) is 4. The summed E-state index contributed by atoms with van der Waals surface area (Å²) in [6.07, 6.45) is -0.455. The molecule has 21 heavy (non-hydrogen) atoms. The van der Waals surface area contributed by atoms with Gasteiger partial charge in [0.1, 0.15) is 5.75 Å². The molecule has 0 fully saturated rings. The Kier molecular flexibility index (Phi) is 3.78. The summed E-state index contributed by atoms with van der Waals surface area (Å²) in [7, 11) is 0. The first-order valence-electron chi connectivity index (χ1n) is 6.66. The first-order valence-corrected chi connectivity index (χ1v) is 7.86. The minimum absolute atomic E-state index is 0.127. The van der Waals surface area contributed by atoms with Crippen LogP contribution in [0.4, 0.5) is 11.4 Å². The van der Waals surface area contributed by atoms with Crippen LogP contribution in [0.15, 0.2) is 30.3 Å². The maximum Gasteiger partial charge on any atom is 0.265 e. The highest BCUT2D eigenvalue weighted by Gasteiger charge is 2.23. The van der Waals surface area contributed by atoms with Gasteiger partial charge in [0, 0.05) is 10.6 Å². The minimum atomic E-state index is -0.455. The minimum Gasteiger partial charge on any atom is -0.479 e. The topological polar surface area (TPSA) is 50.4 Å². The van der Waals surface area contributed by atoms with Gasteiger partial charge in [-0.15, -0.1) is 11.3 Å². The van der Waals surface area contributed by atoms with Gasteiger partial charge in [-0.1, -0.05) is 11.6 Å². The Morgan fingerprint density at radius 3 is 2.90 bits per heavy atom. The fourth-order valence-corrected chi connectivity index (χ4v) is 3.24. The van der Waals surface area contributed by atoms with Crippen molar-refractivity contribution in [2.75, 3.05) is 10.6 Å². The fourth-order valence-electron chi connectivity index (χ4n) is 2.18. The number of ether oxygens (including phenoxy) is 1. The van der Waals surface area contributed by atoms with Crippen LogP contribution in [0.1, 0.15) is 24.8 Å². The Balaban J connectivity index is 1.78. The normalized spacial score (nSPS) is 18.4. The molecule has 4 nitrogen and oxygen atoms in total. The molecule has 2 aromatic rings. The Bertz CT molecular complexity index is 686. The third-order valence-corrected chi connectivity index (χ3v) is 4.73. The average Bonchev–Trinajstić information content (AvgIpc) is 2.87. The zero-order chi connectivity index (χ0) is 15.0. The van der Waals surface area contributed by atoms with E-state index in [0.717, 1.165) is 14.9 Å². The van der Waals surface area contributed by atoms with Gasteiger partial charge in [0.25, 0.3) is 5.91 Å². The summed E-state index contributed by atoms with van der Waals surface area (Å²) in [4.78, 5) is 12.8. The lowest BCUT2D eigenvalue weighted by atomic mass is 10.2. The van der Waals surface area contributed by atoms with Gasteiger partial charge in [0.15, 0.2) is 6.10 Å². The number of halogens is 1. The maximum atomic E-state index is 11.6. The van der Waals surface area contributed by atoms with E-state index in [-0.39, 0.29) is 11.9 Å². The van der Waals surface area contributed by atoms with Crippen LogP contribution in [0, 0.1) is 0 Å². The van der Waals surface area contributed by atoms with Crippen molar-refractivity contribution in [1.82, 2.24) is 0 Å². The number of nitrogens with one attached hydrogen (secondary N) is 2. The van der Waals surface area contributed by atoms with Gasteiger partial charge in [-0.2, -0.15) is 0 Å². The maximum absolute atomic E-state index is 11.6. The van der Waals surface area contributed by atoms with E-state index in [9.17, 15) is 4.79 Å². The van der Waals surface area contributed by atoms with Crippen LogP contribution in [0.25, 0.3) is 0 Å². The number of anilines is 2. The molecular formula is C15H15ClN2O2S. The molecule has 0 spiro atoms. The third kappa shape index (κ3) is 2.99. The van der Waals surface area contributed by atoms with E-state index in [1.807, 2.05) is 30.3 Å². The molecular weight excluding hydrogens is 308 g/mol. The summed E-state index contributed by atoms with van der Waals surface area (Å²) >= 11 is 7.51. The van der Waals surface area contributed by atoms with Crippen molar-refractivity contribution >= 4 is 40.2 Å². The first kappa shape index (κ1) is 14.2. The largest absolute Gasteiger partial charge is 0.479 e. The Labute approximate surface area is 132 Å². The number of benzene rings is 1. The van der Waals surface area contributed by atoms with Crippen LogP contribution in [0.2, 0.25) is 4.34 Å². The molecule has 2 N–H and O–H groups in total. The van der Waals surface area contributed by atoms with E-state index in [2.05, 4.69) is 17.6 Å². The smallest absolute Gasteiger partial charge is 0.265 e. The molecule has 1 aromatic carbocycles. The Hall–Kier alpha value is -1.72. The second kappa shape index (κ2) is 5.58. The molecule has 2 heterocycles. The number of hydrogen-bond donors (Lipinski definition) is 2. The van der Waals surface area contributed by atoms with Crippen LogP contribution in [0.3, 0.4) is 0 Å². The van der Waals surface area contributed by atoms with E-state index in [0.29, 0.717) is 11.4 Å². The summed E-state index contributed by atoms with van der Waals surface area (Å²) in [5.74, 6) is 0.567. The molecule has 0 saturated heterocycles. The predicted octanol–water partition coefficient (Wildman–Crippen LogP) is 4.29. The summed E-state index contributed by atoms with van der Waals surface area (Å²) < 4.78 is 6.31. The molecule has 6 heteroatoms. The lowest BCUT2D eigenvalue weighted by Gasteiger charge is -2.24. The van der Waals surface area contributed by atoms with Crippen molar-refractivity contribution in [3.63, 3.8) is 0 Å². The van der Waals surface area contributed by atoms with Crippen LogP contribution in [0.5, 0.6) is 5.75 Å². The number of carbonyl (C=O) groups excluding carboxylic acids is 1. The van der Waals surface area contributed by atoms with E-state index < -0.39 is 6.10 Å². The number of rotatable bonds is 3. The molecule has 1 amide bonds. The lowest BCUT2D eigenvalue weighted by Crippen LogP contribution is -2.34. The first-order chi connectivity index (χ1) is 10.0. The van der Waals surface area contributed by atoms with E-state index in [1.165, 1.54) is 0 Å². The van der Waals surface area contributed by atoms with Gasteiger partial charge < -0.3 is 15.4 Å². The Morgan fingerprint density at radius 1 is 1.38 bits per heavy atom. The highest BCUT2D eigenvalue weighted by atomic mass is 35.5. The molecule has 0 saturated carbocycles. The number of thiophene rings is 1. The van der Waals surface area contributed by atoms with Crippen LogP contribution >= 0.6 is 22.9 Å². The second-order valence-electron chi connectivity index (χ2n) is 4.97. The van der Waals surface area contributed by atoms with E-state index in [1.54, 1.807) is 18.3 Å². The monoisotopic (exact) mass is 322 g/mol. The SMILES string of the molecule is CC1Oc2ccc(NC(C)c3ccc(Cl)s3)cc2NC1=O. The standard InChI is InChI=1S/C15H15ClN2O2S/c1-8(13-5-6-14(16)21-13)17-10-3-4-12-11(7-10)18-15(19)9(2)20-12/h3-9,17H,1-2H3,(H,18,19). The molecule has 110 valence electrons. The van der Waals surface area contributed by atoms with Gasteiger partial charge in [-0.3, -0.25) is 4.79 Å². The molecule has 0 bridgehead atoms. The van der Waals surface area contributed by atoms with Gasteiger partial charge in [0.05, 0.1) is 16.1 Å². The zero-order valence-corrected chi connectivity index (χ0v) is 13.2. The summed E-state index contributed by atoms with van der Waals surface area (Å²) in [5.41, 5.74) is 1.61. The quantitative estimate of drug-likeness (QED) is 0.886. The fraction of sp³-hybridized carbons (Fsp3) is 0.267. The van der Waals surface area contributed by atoms with E-state index in [4.69, 9.17) is 16.3 Å². The molecule has 0 aliphatic carbocycles. The van der Waals surface area contributed by atoms with Crippen molar-refractivity contribution in [1.29, 1.82) is 0 Å². The van der Waals surface area contributed by atoms with Gasteiger partial charge in [-0.25, -0.2) is 0 Å². The molecule has 0 radical (unpaired) electrons.